The summed E-state index contributed by atoms with van der Waals surface area (Å²) < 4.78 is 4.99. The Balaban J connectivity index is 3.01. The zero-order valence-corrected chi connectivity index (χ0v) is 8.17. The lowest BCUT2D eigenvalue weighted by atomic mass is 10.1. The minimum Gasteiger partial charge on any atom is -0.504 e. The predicted octanol–water partition coefficient (Wildman–Crippen LogP) is 1.26. The van der Waals surface area contributed by atoms with Crippen molar-refractivity contribution in [3.8, 4) is 11.5 Å². The monoisotopic (exact) mass is 212 g/mol. The Bertz CT molecular complexity index is 361. The van der Waals surface area contributed by atoms with Crippen LogP contribution in [0.3, 0.4) is 0 Å². The van der Waals surface area contributed by atoms with E-state index in [0.29, 0.717) is 5.56 Å². The summed E-state index contributed by atoms with van der Waals surface area (Å²) in [6.07, 6.45) is -1.12. The first-order valence-corrected chi connectivity index (χ1v) is 4.42. The number of aliphatic carboxylic acids is 1. The lowest BCUT2D eigenvalue weighted by molar-refractivity contribution is -0.150. The number of rotatable bonds is 4. The van der Waals surface area contributed by atoms with E-state index in [1.807, 2.05) is 0 Å². The Morgan fingerprint density at radius 2 is 2.07 bits per heavy atom. The molecule has 0 amide bonds. The average Bonchev–Trinajstić information content (AvgIpc) is 2.18. The van der Waals surface area contributed by atoms with Crippen molar-refractivity contribution in [2.24, 2.45) is 0 Å². The maximum absolute atomic E-state index is 10.8. The summed E-state index contributed by atoms with van der Waals surface area (Å²) in [4.78, 5) is 10.8. The lowest BCUT2D eigenvalue weighted by Crippen LogP contribution is -2.15. The highest BCUT2D eigenvalue weighted by molar-refractivity contribution is 5.74. The van der Waals surface area contributed by atoms with E-state index in [-0.39, 0.29) is 18.1 Å². The number of hydrogen-bond acceptors (Lipinski definition) is 4. The normalized spacial score (nSPS) is 12.3. The zero-order chi connectivity index (χ0) is 11.4. The Hall–Kier alpha value is -1.75. The second-order valence-corrected chi connectivity index (χ2v) is 2.92. The molecule has 1 aromatic rings. The summed E-state index contributed by atoms with van der Waals surface area (Å²) in [5, 5.41) is 27.1. The van der Waals surface area contributed by atoms with Crippen LogP contribution in [0, 0.1) is 0 Å². The van der Waals surface area contributed by atoms with Gasteiger partial charge in [-0.25, -0.2) is 4.79 Å². The van der Waals surface area contributed by atoms with Crippen molar-refractivity contribution in [2.75, 3.05) is 6.61 Å². The van der Waals surface area contributed by atoms with Crippen LogP contribution in [-0.4, -0.2) is 27.9 Å². The van der Waals surface area contributed by atoms with E-state index in [4.69, 9.17) is 14.9 Å². The van der Waals surface area contributed by atoms with Crippen molar-refractivity contribution in [2.45, 2.75) is 13.0 Å². The SMILES string of the molecule is CCO[C@@H](C(=O)O)c1ccc(O)c(O)c1. The van der Waals surface area contributed by atoms with Crippen LogP contribution in [0.25, 0.3) is 0 Å². The molecule has 0 saturated heterocycles. The highest BCUT2D eigenvalue weighted by Crippen LogP contribution is 2.29. The molecule has 0 aliphatic heterocycles. The number of aromatic hydroxyl groups is 2. The Morgan fingerprint density at radius 1 is 1.40 bits per heavy atom. The number of carboxylic acids is 1. The van der Waals surface area contributed by atoms with Crippen LogP contribution in [0.15, 0.2) is 18.2 Å². The molecule has 5 heteroatoms. The highest BCUT2D eigenvalue weighted by atomic mass is 16.5. The smallest absolute Gasteiger partial charge is 0.337 e. The molecule has 0 unspecified atom stereocenters. The number of carbonyl (C=O) groups is 1. The summed E-state index contributed by atoms with van der Waals surface area (Å²) >= 11 is 0. The number of phenolic OH excluding ortho intramolecular Hbond substituents is 2. The largest absolute Gasteiger partial charge is 0.504 e. The molecule has 0 spiro atoms. The van der Waals surface area contributed by atoms with Crippen molar-refractivity contribution in [3.05, 3.63) is 23.8 Å². The molecular formula is C10H12O5. The van der Waals surface area contributed by atoms with E-state index < -0.39 is 12.1 Å². The van der Waals surface area contributed by atoms with E-state index in [2.05, 4.69) is 0 Å². The predicted molar refractivity (Wildman–Crippen MR) is 51.8 cm³/mol. The van der Waals surface area contributed by atoms with E-state index in [9.17, 15) is 9.90 Å². The highest BCUT2D eigenvalue weighted by Gasteiger charge is 2.20. The fourth-order valence-electron chi connectivity index (χ4n) is 1.18. The second kappa shape index (κ2) is 4.65. The van der Waals surface area contributed by atoms with Gasteiger partial charge in [0.1, 0.15) is 0 Å². The first-order valence-electron chi connectivity index (χ1n) is 4.42. The van der Waals surface area contributed by atoms with E-state index in [1.165, 1.54) is 18.2 Å². The van der Waals surface area contributed by atoms with Crippen LogP contribution in [-0.2, 0) is 9.53 Å². The van der Waals surface area contributed by atoms with Crippen LogP contribution in [0.2, 0.25) is 0 Å². The number of benzene rings is 1. The molecule has 0 saturated carbocycles. The molecule has 0 aliphatic carbocycles. The molecule has 0 aromatic heterocycles. The Kier molecular flexibility index (Phi) is 3.51. The second-order valence-electron chi connectivity index (χ2n) is 2.92. The number of carboxylic acid groups (broad SMARTS) is 1. The van der Waals surface area contributed by atoms with E-state index in [0.717, 1.165) is 0 Å². The third kappa shape index (κ3) is 2.60. The molecule has 3 N–H and O–H groups in total. The van der Waals surface area contributed by atoms with Gasteiger partial charge in [0.15, 0.2) is 17.6 Å². The molecule has 1 atom stereocenters. The number of hydrogen-bond donors (Lipinski definition) is 3. The van der Waals surface area contributed by atoms with Gasteiger partial charge in [0.25, 0.3) is 0 Å². The quantitative estimate of drug-likeness (QED) is 0.654. The number of ether oxygens (including phenoxy) is 1. The fraction of sp³-hybridized carbons (Fsp3) is 0.300. The molecule has 0 fully saturated rings. The molecule has 82 valence electrons. The minimum absolute atomic E-state index is 0.249. The summed E-state index contributed by atoms with van der Waals surface area (Å²) in [6.45, 7) is 1.93. The summed E-state index contributed by atoms with van der Waals surface area (Å²) in [6, 6.07) is 3.78. The molecule has 0 aliphatic rings. The molecule has 0 radical (unpaired) electrons. The molecular weight excluding hydrogens is 200 g/mol. The average molecular weight is 212 g/mol. The summed E-state index contributed by atoms with van der Waals surface area (Å²) in [5.74, 6) is -1.79. The zero-order valence-electron chi connectivity index (χ0n) is 8.17. The molecule has 0 heterocycles. The van der Waals surface area contributed by atoms with Crippen molar-refractivity contribution >= 4 is 5.97 Å². The van der Waals surface area contributed by atoms with Gasteiger partial charge in [-0.05, 0) is 24.6 Å². The fourth-order valence-corrected chi connectivity index (χ4v) is 1.18. The molecule has 1 rings (SSSR count). The topological polar surface area (TPSA) is 87.0 Å². The van der Waals surface area contributed by atoms with Gasteiger partial charge in [0.2, 0.25) is 0 Å². The van der Waals surface area contributed by atoms with Gasteiger partial charge in [0.05, 0.1) is 0 Å². The first-order chi connectivity index (χ1) is 7.06. The maximum atomic E-state index is 10.8. The van der Waals surface area contributed by atoms with Gasteiger partial charge < -0.3 is 20.1 Å². The van der Waals surface area contributed by atoms with E-state index >= 15 is 0 Å². The number of phenols is 2. The minimum atomic E-state index is -1.14. The molecule has 15 heavy (non-hydrogen) atoms. The van der Waals surface area contributed by atoms with Crippen LogP contribution >= 0.6 is 0 Å². The van der Waals surface area contributed by atoms with Crippen LogP contribution < -0.4 is 0 Å². The van der Waals surface area contributed by atoms with Gasteiger partial charge in [-0.1, -0.05) is 6.07 Å². The first kappa shape index (κ1) is 11.3. The third-order valence-corrected chi connectivity index (χ3v) is 1.86. The Labute approximate surface area is 86.5 Å². The van der Waals surface area contributed by atoms with Gasteiger partial charge in [0, 0.05) is 6.61 Å². The summed E-state index contributed by atoms with van der Waals surface area (Å²) in [5.41, 5.74) is 0.291. The molecule has 1 aromatic carbocycles. The van der Waals surface area contributed by atoms with Crippen LogP contribution in [0.5, 0.6) is 11.5 Å². The van der Waals surface area contributed by atoms with Gasteiger partial charge in [-0.2, -0.15) is 0 Å². The van der Waals surface area contributed by atoms with Gasteiger partial charge in [-0.3, -0.25) is 0 Å². The van der Waals surface area contributed by atoms with Crippen molar-refractivity contribution in [3.63, 3.8) is 0 Å². The Morgan fingerprint density at radius 3 is 2.53 bits per heavy atom. The van der Waals surface area contributed by atoms with Crippen molar-refractivity contribution < 1.29 is 24.9 Å². The van der Waals surface area contributed by atoms with Crippen LogP contribution in [0.1, 0.15) is 18.6 Å². The van der Waals surface area contributed by atoms with Crippen molar-refractivity contribution in [1.82, 2.24) is 0 Å². The van der Waals surface area contributed by atoms with Crippen LogP contribution in [0.4, 0.5) is 0 Å². The van der Waals surface area contributed by atoms with Gasteiger partial charge in [-0.15, -0.1) is 0 Å². The maximum Gasteiger partial charge on any atom is 0.337 e. The lowest BCUT2D eigenvalue weighted by Gasteiger charge is -2.13. The van der Waals surface area contributed by atoms with Crippen molar-refractivity contribution in [1.29, 1.82) is 0 Å². The van der Waals surface area contributed by atoms with Gasteiger partial charge >= 0.3 is 5.97 Å². The molecule has 5 nitrogen and oxygen atoms in total. The summed E-state index contributed by atoms with van der Waals surface area (Å²) in [7, 11) is 0. The van der Waals surface area contributed by atoms with E-state index in [1.54, 1.807) is 6.92 Å². The third-order valence-electron chi connectivity index (χ3n) is 1.86. The molecule has 0 bridgehead atoms. The standard InChI is InChI=1S/C10H12O5/c1-2-15-9(10(13)14)6-3-4-7(11)8(12)5-6/h3-5,9,11-12H,2H2,1H3,(H,13,14)/t9-/m1/s1.